The van der Waals surface area contributed by atoms with Gasteiger partial charge < -0.3 is 20.0 Å². The van der Waals surface area contributed by atoms with Crippen LogP contribution in [-0.2, 0) is 0 Å². The number of nitrogens with two attached hydrogens (primary N) is 1. The quantitative estimate of drug-likeness (QED) is 0.857. The summed E-state index contributed by atoms with van der Waals surface area (Å²) in [5.41, 5.74) is 7.10. The van der Waals surface area contributed by atoms with Gasteiger partial charge in [-0.15, -0.1) is 0 Å². The number of piperidine rings is 2. The fraction of sp³-hybridized carbons (Fsp3) is 0.636. The SMILES string of the molecule is CC1CN(c2nc3c(C(N)=O)cccc3o2)CCN1C1CC2CCCC(C1)N2C. The van der Waals surface area contributed by atoms with E-state index in [0.717, 1.165) is 31.7 Å². The average Bonchev–Trinajstić information content (AvgIpc) is 3.12. The minimum Gasteiger partial charge on any atom is -0.423 e. The molecule has 0 spiro atoms. The predicted octanol–water partition coefficient (Wildman–Crippen LogP) is 2.45. The molecule has 3 aliphatic rings. The Kier molecular flexibility index (Phi) is 4.75. The summed E-state index contributed by atoms with van der Waals surface area (Å²) in [5.74, 6) is -0.471. The molecule has 3 aliphatic heterocycles. The van der Waals surface area contributed by atoms with Gasteiger partial charge in [-0.1, -0.05) is 12.5 Å². The van der Waals surface area contributed by atoms with E-state index in [4.69, 9.17) is 10.2 Å². The van der Waals surface area contributed by atoms with Gasteiger partial charge in [0.2, 0.25) is 0 Å². The summed E-state index contributed by atoms with van der Waals surface area (Å²) in [6.07, 6.45) is 6.68. The number of rotatable bonds is 3. The highest BCUT2D eigenvalue weighted by Crippen LogP contribution is 2.36. The molecule has 1 amide bonds. The number of primary amides is 1. The van der Waals surface area contributed by atoms with Crippen molar-refractivity contribution in [1.29, 1.82) is 0 Å². The molecule has 3 atom stereocenters. The van der Waals surface area contributed by atoms with E-state index in [-0.39, 0.29) is 0 Å². The highest BCUT2D eigenvalue weighted by Gasteiger charge is 2.40. The van der Waals surface area contributed by atoms with E-state index in [1.165, 1.54) is 32.1 Å². The lowest BCUT2D eigenvalue weighted by Crippen LogP contribution is -2.61. The van der Waals surface area contributed by atoms with Crippen LogP contribution in [0.1, 0.15) is 49.4 Å². The Morgan fingerprint density at radius 2 is 1.93 bits per heavy atom. The maximum absolute atomic E-state index is 11.7. The van der Waals surface area contributed by atoms with Crippen LogP contribution in [0.3, 0.4) is 0 Å². The third-order valence-corrected chi connectivity index (χ3v) is 7.41. The van der Waals surface area contributed by atoms with Gasteiger partial charge in [0.05, 0.1) is 5.56 Å². The third kappa shape index (κ3) is 3.30. The first-order chi connectivity index (χ1) is 14.0. The highest BCUT2D eigenvalue weighted by molar-refractivity contribution is 6.03. The number of carbonyl (C=O) groups excluding carboxylic acids is 1. The van der Waals surface area contributed by atoms with E-state index in [2.05, 4.69) is 33.7 Å². The highest BCUT2D eigenvalue weighted by atomic mass is 16.4. The number of hydrogen-bond acceptors (Lipinski definition) is 6. The molecular weight excluding hydrogens is 366 g/mol. The predicted molar refractivity (Wildman–Crippen MR) is 113 cm³/mol. The normalized spacial score (nSPS) is 31.3. The molecule has 3 fully saturated rings. The van der Waals surface area contributed by atoms with Crippen LogP contribution in [0, 0.1) is 0 Å². The number of amides is 1. The number of nitrogens with zero attached hydrogens (tertiary/aromatic N) is 4. The van der Waals surface area contributed by atoms with E-state index in [9.17, 15) is 4.79 Å². The lowest BCUT2D eigenvalue weighted by atomic mass is 9.81. The summed E-state index contributed by atoms with van der Waals surface area (Å²) in [6.45, 7) is 5.12. The van der Waals surface area contributed by atoms with Crippen LogP contribution < -0.4 is 10.6 Å². The van der Waals surface area contributed by atoms with Crippen molar-refractivity contribution in [3.63, 3.8) is 0 Å². The Morgan fingerprint density at radius 3 is 2.62 bits per heavy atom. The second-order valence-electron chi connectivity index (χ2n) is 9.08. The second-order valence-corrected chi connectivity index (χ2v) is 9.08. The molecule has 4 heterocycles. The first kappa shape index (κ1) is 18.9. The van der Waals surface area contributed by atoms with E-state index in [0.29, 0.717) is 34.8 Å². The van der Waals surface area contributed by atoms with Gasteiger partial charge in [0.1, 0.15) is 5.52 Å². The Hall–Kier alpha value is -2.12. The summed E-state index contributed by atoms with van der Waals surface area (Å²) < 4.78 is 5.98. The topological polar surface area (TPSA) is 78.8 Å². The first-order valence-electron chi connectivity index (χ1n) is 10.9. The molecular formula is C22H31N5O2. The van der Waals surface area contributed by atoms with Gasteiger partial charge in [0.15, 0.2) is 5.58 Å². The molecule has 1 aromatic carbocycles. The molecule has 7 nitrogen and oxygen atoms in total. The number of fused-ring (bicyclic) bond motifs is 3. The number of oxazole rings is 1. The summed E-state index contributed by atoms with van der Waals surface area (Å²) in [4.78, 5) is 23.9. The molecule has 0 radical (unpaired) electrons. The number of anilines is 1. The van der Waals surface area contributed by atoms with Gasteiger partial charge in [-0.25, -0.2) is 0 Å². The van der Waals surface area contributed by atoms with E-state index < -0.39 is 5.91 Å². The smallest absolute Gasteiger partial charge is 0.298 e. The van der Waals surface area contributed by atoms with Gasteiger partial charge in [-0.3, -0.25) is 9.69 Å². The summed E-state index contributed by atoms with van der Waals surface area (Å²) in [5, 5.41) is 0. The van der Waals surface area contributed by atoms with E-state index in [1.807, 2.05) is 6.07 Å². The van der Waals surface area contributed by atoms with Crippen molar-refractivity contribution in [1.82, 2.24) is 14.8 Å². The molecule has 1 aromatic heterocycles. The maximum Gasteiger partial charge on any atom is 0.298 e. The lowest BCUT2D eigenvalue weighted by molar-refractivity contribution is -0.00619. The third-order valence-electron chi connectivity index (χ3n) is 7.41. The number of aromatic nitrogens is 1. The summed E-state index contributed by atoms with van der Waals surface area (Å²) in [7, 11) is 2.32. The molecule has 2 N–H and O–H groups in total. The summed E-state index contributed by atoms with van der Waals surface area (Å²) in [6, 6.07) is 8.57. The van der Waals surface area contributed by atoms with E-state index in [1.54, 1.807) is 12.1 Å². The summed E-state index contributed by atoms with van der Waals surface area (Å²) >= 11 is 0. The van der Waals surface area contributed by atoms with Crippen LogP contribution in [0.4, 0.5) is 6.01 Å². The Labute approximate surface area is 171 Å². The molecule has 2 bridgehead atoms. The average molecular weight is 398 g/mol. The van der Waals surface area contributed by atoms with Crippen LogP contribution >= 0.6 is 0 Å². The van der Waals surface area contributed by atoms with Gasteiger partial charge >= 0.3 is 0 Å². The maximum atomic E-state index is 11.7. The van der Waals surface area contributed by atoms with Crippen molar-refractivity contribution in [3.05, 3.63) is 23.8 Å². The Morgan fingerprint density at radius 1 is 1.17 bits per heavy atom. The van der Waals surface area contributed by atoms with Gasteiger partial charge in [0, 0.05) is 43.8 Å². The molecule has 156 valence electrons. The molecule has 0 aliphatic carbocycles. The molecule has 2 aromatic rings. The largest absolute Gasteiger partial charge is 0.423 e. The van der Waals surface area contributed by atoms with Gasteiger partial charge in [0.25, 0.3) is 11.9 Å². The molecule has 3 unspecified atom stereocenters. The van der Waals surface area contributed by atoms with Crippen LogP contribution in [0.25, 0.3) is 11.1 Å². The molecule has 0 saturated carbocycles. The minimum absolute atomic E-state index is 0.419. The van der Waals surface area contributed by atoms with Crippen LogP contribution in [0.5, 0.6) is 0 Å². The van der Waals surface area contributed by atoms with Crippen molar-refractivity contribution < 1.29 is 9.21 Å². The zero-order valence-corrected chi connectivity index (χ0v) is 17.4. The van der Waals surface area contributed by atoms with Crippen molar-refractivity contribution >= 4 is 23.0 Å². The van der Waals surface area contributed by atoms with Crippen molar-refractivity contribution in [2.75, 3.05) is 31.6 Å². The minimum atomic E-state index is -0.471. The van der Waals surface area contributed by atoms with Crippen LogP contribution in [0.2, 0.25) is 0 Å². The molecule has 3 saturated heterocycles. The van der Waals surface area contributed by atoms with Crippen molar-refractivity contribution in [3.8, 4) is 0 Å². The fourth-order valence-electron chi connectivity index (χ4n) is 5.82. The van der Waals surface area contributed by atoms with Crippen molar-refractivity contribution in [2.45, 2.75) is 63.2 Å². The molecule has 29 heavy (non-hydrogen) atoms. The lowest BCUT2D eigenvalue weighted by Gasteiger charge is -2.52. The number of para-hydroxylation sites is 1. The fourth-order valence-corrected chi connectivity index (χ4v) is 5.82. The van der Waals surface area contributed by atoms with E-state index >= 15 is 0 Å². The standard InChI is InChI=1S/C22H31N5O2/c1-14-13-26(22-24-20-18(21(23)28)7-4-8-19(20)29-22)9-10-27(14)17-11-15-5-3-6-16(12-17)25(15)2/h4,7-8,14-17H,3,5-6,9-13H2,1-2H3,(H2,23,28). The zero-order valence-electron chi connectivity index (χ0n) is 17.4. The van der Waals surface area contributed by atoms with Crippen molar-refractivity contribution in [2.24, 2.45) is 5.73 Å². The van der Waals surface area contributed by atoms with Gasteiger partial charge in [-0.05, 0) is 51.8 Å². The number of carbonyl (C=O) groups is 1. The Bertz CT molecular complexity index is 898. The van der Waals surface area contributed by atoms with Crippen LogP contribution in [0.15, 0.2) is 22.6 Å². The number of piperazine rings is 1. The second kappa shape index (κ2) is 7.29. The molecule has 5 rings (SSSR count). The van der Waals surface area contributed by atoms with Crippen LogP contribution in [-0.4, -0.2) is 71.5 Å². The zero-order chi connectivity index (χ0) is 20.1. The first-order valence-corrected chi connectivity index (χ1v) is 10.9. The Balaban J connectivity index is 1.31. The van der Waals surface area contributed by atoms with Gasteiger partial charge in [-0.2, -0.15) is 4.98 Å². The monoisotopic (exact) mass is 397 g/mol. The number of hydrogen-bond donors (Lipinski definition) is 1. The molecule has 7 heteroatoms. The number of benzene rings is 1.